The van der Waals surface area contributed by atoms with Gasteiger partial charge in [0.05, 0.1) is 18.0 Å². The second kappa shape index (κ2) is 8.13. The van der Waals surface area contributed by atoms with Crippen LogP contribution in [0.1, 0.15) is 40.8 Å². The molecule has 0 aromatic heterocycles. The van der Waals surface area contributed by atoms with E-state index in [1.54, 1.807) is 12.1 Å². The van der Waals surface area contributed by atoms with Crippen LogP contribution in [-0.4, -0.2) is 27.1 Å². The first-order chi connectivity index (χ1) is 12.5. The molecule has 0 saturated carbocycles. The third-order valence-corrected chi connectivity index (χ3v) is 5.92. The van der Waals surface area contributed by atoms with Gasteiger partial charge in [0.15, 0.2) is 0 Å². The number of carbonyl (C=O) groups excluding carboxylic acids is 1. The molecule has 1 N–H and O–H groups in total. The fourth-order valence-electron chi connectivity index (χ4n) is 3.17. The van der Waals surface area contributed by atoms with E-state index >= 15 is 0 Å². The Morgan fingerprint density at radius 3 is 2.19 bits per heavy atom. The number of benzene rings is 2. The van der Waals surface area contributed by atoms with E-state index in [1.807, 2.05) is 39.8 Å². The third kappa shape index (κ3) is 5.10. The van der Waals surface area contributed by atoms with Crippen molar-refractivity contribution in [2.75, 3.05) is 17.1 Å². The lowest BCUT2D eigenvalue weighted by Gasteiger charge is -2.25. The monoisotopic (exact) mass is 388 g/mol. The van der Waals surface area contributed by atoms with Crippen LogP contribution in [0.3, 0.4) is 0 Å². The highest BCUT2D eigenvalue weighted by atomic mass is 32.2. The molecule has 0 heterocycles. The van der Waals surface area contributed by atoms with E-state index in [9.17, 15) is 13.2 Å². The van der Waals surface area contributed by atoms with Gasteiger partial charge in [0, 0.05) is 0 Å². The van der Waals surface area contributed by atoms with Crippen molar-refractivity contribution in [3.05, 3.63) is 64.2 Å². The molecule has 2 aromatic rings. The molecular weight excluding hydrogens is 360 g/mol. The maximum absolute atomic E-state index is 12.6. The first-order valence-corrected chi connectivity index (χ1v) is 10.8. The van der Waals surface area contributed by atoms with Crippen molar-refractivity contribution in [3.63, 3.8) is 0 Å². The summed E-state index contributed by atoms with van der Waals surface area (Å²) in [6.45, 7) is 9.59. The summed E-state index contributed by atoms with van der Waals surface area (Å²) >= 11 is 0. The lowest BCUT2D eigenvalue weighted by molar-refractivity contribution is -0.120. The van der Waals surface area contributed by atoms with Crippen LogP contribution in [0.5, 0.6) is 0 Å². The SMILES string of the molecule is Cc1cc(C)c([C@H](C)NC(=O)CN(c2ccccc2C)S(C)(=O)=O)cc1C. The summed E-state index contributed by atoms with van der Waals surface area (Å²) in [4.78, 5) is 12.6. The smallest absolute Gasteiger partial charge is 0.241 e. The molecule has 0 fully saturated rings. The maximum Gasteiger partial charge on any atom is 0.241 e. The zero-order valence-corrected chi connectivity index (χ0v) is 17.6. The van der Waals surface area contributed by atoms with Crippen molar-refractivity contribution in [2.45, 2.75) is 40.7 Å². The average molecular weight is 389 g/mol. The molecule has 6 heteroatoms. The van der Waals surface area contributed by atoms with Gasteiger partial charge in [-0.1, -0.05) is 30.3 Å². The van der Waals surface area contributed by atoms with Gasteiger partial charge in [-0.05, 0) is 68.5 Å². The normalized spacial score (nSPS) is 12.5. The van der Waals surface area contributed by atoms with E-state index in [0.29, 0.717) is 5.69 Å². The van der Waals surface area contributed by atoms with Gasteiger partial charge in [-0.3, -0.25) is 9.10 Å². The van der Waals surface area contributed by atoms with Gasteiger partial charge in [-0.2, -0.15) is 0 Å². The van der Waals surface area contributed by atoms with Gasteiger partial charge in [0.25, 0.3) is 0 Å². The van der Waals surface area contributed by atoms with Crippen molar-refractivity contribution >= 4 is 21.6 Å². The van der Waals surface area contributed by atoms with E-state index in [2.05, 4.69) is 24.4 Å². The van der Waals surface area contributed by atoms with Gasteiger partial charge >= 0.3 is 0 Å². The van der Waals surface area contributed by atoms with Gasteiger partial charge in [-0.25, -0.2) is 8.42 Å². The number of amides is 1. The molecule has 5 nitrogen and oxygen atoms in total. The van der Waals surface area contributed by atoms with Gasteiger partial charge in [-0.15, -0.1) is 0 Å². The Morgan fingerprint density at radius 1 is 1.00 bits per heavy atom. The molecule has 0 spiro atoms. The van der Waals surface area contributed by atoms with Crippen LogP contribution < -0.4 is 9.62 Å². The van der Waals surface area contributed by atoms with E-state index in [4.69, 9.17) is 0 Å². The minimum absolute atomic E-state index is 0.213. The van der Waals surface area contributed by atoms with Crippen LogP contribution in [0, 0.1) is 27.7 Å². The number of para-hydroxylation sites is 1. The molecule has 0 unspecified atom stereocenters. The molecule has 27 heavy (non-hydrogen) atoms. The Labute approximate surface area is 162 Å². The number of nitrogens with zero attached hydrogens (tertiary/aromatic N) is 1. The summed E-state index contributed by atoms with van der Waals surface area (Å²) in [5, 5.41) is 2.93. The number of hydrogen-bond donors (Lipinski definition) is 1. The third-order valence-electron chi connectivity index (χ3n) is 4.80. The highest BCUT2D eigenvalue weighted by molar-refractivity contribution is 7.92. The summed E-state index contributed by atoms with van der Waals surface area (Å²) in [7, 11) is -3.58. The molecular formula is C21H28N2O3S. The van der Waals surface area contributed by atoms with Crippen LogP contribution in [0.4, 0.5) is 5.69 Å². The quantitative estimate of drug-likeness (QED) is 0.823. The minimum atomic E-state index is -3.58. The van der Waals surface area contributed by atoms with Crippen LogP contribution >= 0.6 is 0 Å². The number of anilines is 1. The first kappa shape index (κ1) is 21.0. The molecule has 0 radical (unpaired) electrons. The van der Waals surface area contributed by atoms with E-state index in [1.165, 1.54) is 5.56 Å². The molecule has 0 aliphatic carbocycles. The van der Waals surface area contributed by atoms with Crippen molar-refractivity contribution in [1.82, 2.24) is 5.32 Å². The van der Waals surface area contributed by atoms with Crippen molar-refractivity contribution < 1.29 is 13.2 Å². The fraction of sp³-hybridized carbons (Fsp3) is 0.381. The van der Waals surface area contributed by atoms with Gasteiger partial charge < -0.3 is 5.32 Å². The second-order valence-electron chi connectivity index (χ2n) is 7.14. The number of hydrogen-bond acceptors (Lipinski definition) is 3. The molecule has 0 saturated heterocycles. The zero-order chi connectivity index (χ0) is 20.4. The molecule has 1 amide bonds. The Morgan fingerprint density at radius 2 is 1.59 bits per heavy atom. The first-order valence-electron chi connectivity index (χ1n) is 8.91. The van der Waals surface area contributed by atoms with E-state index < -0.39 is 10.0 Å². The second-order valence-corrected chi connectivity index (χ2v) is 9.05. The van der Waals surface area contributed by atoms with Crippen LogP contribution in [0.25, 0.3) is 0 Å². The summed E-state index contributed by atoms with van der Waals surface area (Å²) in [5.41, 5.74) is 5.82. The number of carbonyl (C=O) groups is 1. The van der Waals surface area contributed by atoms with Crippen LogP contribution in [0.15, 0.2) is 36.4 Å². The van der Waals surface area contributed by atoms with Crippen molar-refractivity contribution in [1.29, 1.82) is 0 Å². The molecule has 0 bridgehead atoms. The molecule has 2 rings (SSSR count). The maximum atomic E-state index is 12.6. The Balaban J connectivity index is 2.22. The topological polar surface area (TPSA) is 66.5 Å². The molecule has 0 aliphatic rings. The van der Waals surface area contributed by atoms with Crippen LogP contribution in [0.2, 0.25) is 0 Å². The highest BCUT2D eigenvalue weighted by Gasteiger charge is 2.23. The molecule has 1 atom stereocenters. The predicted octanol–water partition coefficient (Wildman–Crippen LogP) is 3.56. The van der Waals surface area contributed by atoms with Crippen molar-refractivity contribution in [2.24, 2.45) is 0 Å². The zero-order valence-electron chi connectivity index (χ0n) is 16.8. The van der Waals surface area contributed by atoms with Crippen molar-refractivity contribution in [3.8, 4) is 0 Å². The lowest BCUT2D eigenvalue weighted by Crippen LogP contribution is -2.41. The van der Waals surface area contributed by atoms with Gasteiger partial charge in [0.1, 0.15) is 6.54 Å². The standard InChI is InChI=1S/C21H28N2O3S/c1-14-9-7-8-10-20(14)23(27(6,25)26)13-21(24)22-18(5)19-12-16(3)15(2)11-17(19)4/h7-12,18H,13H2,1-6H3,(H,22,24)/t18-/m0/s1. The summed E-state index contributed by atoms with van der Waals surface area (Å²) in [6, 6.07) is 11.1. The Hall–Kier alpha value is -2.34. The largest absolute Gasteiger partial charge is 0.348 e. The number of sulfonamides is 1. The summed E-state index contributed by atoms with van der Waals surface area (Å²) < 4.78 is 25.7. The number of rotatable bonds is 6. The molecule has 146 valence electrons. The lowest BCUT2D eigenvalue weighted by atomic mass is 9.96. The van der Waals surface area contributed by atoms with E-state index in [-0.39, 0.29) is 18.5 Å². The predicted molar refractivity (Wildman–Crippen MR) is 111 cm³/mol. The van der Waals surface area contributed by atoms with E-state index in [0.717, 1.165) is 32.8 Å². The molecule has 2 aromatic carbocycles. The fourth-order valence-corrected chi connectivity index (χ4v) is 4.08. The number of nitrogens with one attached hydrogen (secondary N) is 1. The summed E-state index contributed by atoms with van der Waals surface area (Å²) in [6.07, 6.45) is 1.11. The molecule has 0 aliphatic heterocycles. The Bertz CT molecular complexity index is 952. The minimum Gasteiger partial charge on any atom is -0.348 e. The highest BCUT2D eigenvalue weighted by Crippen LogP contribution is 2.23. The average Bonchev–Trinajstić information content (AvgIpc) is 2.55. The van der Waals surface area contributed by atoms with Crippen LogP contribution in [-0.2, 0) is 14.8 Å². The summed E-state index contributed by atoms with van der Waals surface area (Å²) in [5.74, 6) is -0.339. The number of aryl methyl sites for hydroxylation is 4. The van der Waals surface area contributed by atoms with Gasteiger partial charge in [0.2, 0.25) is 15.9 Å². The Kier molecular flexibility index (Phi) is 6.31.